The number of fused-ring (bicyclic) bond motifs is 1. The van der Waals surface area contributed by atoms with Gasteiger partial charge in [-0.1, -0.05) is 32.1 Å². The van der Waals surface area contributed by atoms with E-state index in [9.17, 15) is 4.79 Å². The Labute approximate surface area is 73.2 Å². The lowest BCUT2D eigenvalue weighted by molar-refractivity contribution is -0.119. The predicted octanol–water partition coefficient (Wildman–Crippen LogP) is 2.20. The maximum atomic E-state index is 11.4. The van der Waals surface area contributed by atoms with Crippen LogP contribution in [0.5, 0.6) is 0 Å². The van der Waals surface area contributed by atoms with Crippen molar-refractivity contribution in [3.63, 3.8) is 0 Å². The van der Waals surface area contributed by atoms with E-state index in [4.69, 9.17) is 0 Å². The molecular formula is C11H14O. The molecule has 0 N–H and O–H groups in total. The Morgan fingerprint density at radius 1 is 1.08 bits per heavy atom. The first-order valence-electron chi connectivity index (χ1n) is 4.60. The molecule has 0 aromatic heterocycles. The lowest BCUT2D eigenvalue weighted by atomic mass is 9.73. The summed E-state index contributed by atoms with van der Waals surface area (Å²) in [4.78, 5) is 11.4. The van der Waals surface area contributed by atoms with Gasteiger partial charge in [0.2, 0.25) is 0 Å². The number of rotatable bonds is 0. The van der Waals surface area contributed by atoms with E-state index in [0.717, 1.165) is 0 Å². The second-order valence-corrected chi connectivity index (χ2v) is 3.97. The first-order chi connectivity index (χ1) is 5.70. The first kappa shape index (κ1) is 7.78. The molecule has 0 aromatic carbocycles. The molecule has 0 aromatic rings. The predicted molar refractivity (Wildman–Crippen MR) is 48.6 cm³/mol. The van der Waals surface area contributed by atoms with Gasteiger partial charge in [0.05, 0.1) is 0 Å². The van der Waals surface area contributed by atoms with E-state index in [1.807, 2.05) is 0 Å². The fourth-order valence-corrected chi connectivity index (χ4v) is 2.34. The lowest BCUT2D eigenvalue weighted by Crippen LogP contribution is -2.29. The maximum absolute atomic E-state index is 11.4. The number of ketones is 1. The Morgan fingerprint density at radius 2 is 1.75 bits per heavy atom. The van der Waals surface area contributed by atoms with E-state index in [1.165, 1.54) is 0 Å². The van der Waals surface area contributed by atoms with E-state index >= 15 is 0 Å². The summed E-state index contributed by atoms with van der Waals surface area (Å²) in [5, 5.41) is 0. The van der Waals surface area contributed by atoms with Crippen molar-refractivity contribution in [1.29, 1.82) is 0 Å². The Hall–Kier alpha value is -0.850. The topological polar surface area (TPSA) is 17.1 Å². The zero-order valence-corrected chi connectivity index (χ0v) is 7.53. The Kier molecular flexibility index (Phi) is 1.67. The van der Waals surface area contributed by atoms with Crippen molar-refractivity contribution in [3.8, 4) is 0 Å². The normalized spacial score (nSPS) is 45.0. The number of hydrogen-bond donors (Lipinski definition) is 0. The number of allylic oxidation sites excluding steroid dienone is 4. The zero-order chi connectivity index (χ0) is 8.72. The van der Waals surface area contributed by atoms with E-state index in [0.29, 0.717) is 23.5 Å². The highest BCUT2D eigenvalue weighted by Crippen LogP contribution is 2.39. The maximum Gasteiger partial charge on any atom is 0.159 e. The molecule has 0 radical (unpaired) electrons. The number of hydrogen-bond acceptors (Lipinski definition) is 1. The smallest absolute Gasteiger partial charge is 0.159 e. The average Bonchev–Trinajstić information content (AvgIpc) is 2.42. The minimum absolute atomic E-state index is 0.241. The van der Waals surface area contributed by atoms with Crippen molar-refractivity contribution in [1.82, 2.24) is 0 Å². The highest BCUT2D eigenvalue weighted by molar-refractivity contribution is 5.95. The molecule has 0 saturated carbocycles. The van der Waals surface area contributed by atoms with Gasteiger partial charge in [-0.3, -0.25) is 4.79 Å². The van der Waals surface area contributed by atoms with Gasteiger partial charge < -0.3 is 0 Å². The first-order valence-corrected chi connectivity index (χ1v) is 4.60. The van der Waals surface area contributed by atoms with Crippen LogP contribution < -0.4 is 0 Å². The van der Waals surface area contributed by atoms with Crippen LogP contribution in [0.2, 0.25) is 0 Å². The van der Waals surface area contributed by atoms with Crippen LogP contribution in [-0.2, 0) is 4.79 Å². The summed E-state index contributed by atoms with van der Waals surface area (Å²) < 4.78 is 0. The van der Waals surface area contributed by atoms with Crippen LogP contribution in [0.15, 0.2) is 24.3 Å². The van der Waals surface area contributed by atoms with E-state index in [-0.39, 0.29) is 5.92 Å². The molecule has 2 aliphatic rings. The van der Waals surface area contributed by atoms with Gasteiger partial charge in [0.1, 0.15) is 0 Å². The molecule has 0 aliphatic heterocycles. The van der Waals surface area contributed by atoms with Crippen LogP contribution >= 0.6 is 0 Å². The molecular weight excluding hydrogens is 148 g/mol. The molecule has 4 atom stereocenters. The molecule has 2 aliphatic carbocycles. The van der Waals surface area contributed by atoms with Crippen LogP contribution in [0.4, 0.5) is 0 Å². The van der Waals surface area contributed by atoms with Crippen molar-refractivity contribution < 1.29 is 4.79 Å². The van der Waals surface area contributed by atoms with Crippen molar-refractivity contribution in [3.05, 3.63) is 24.3 Å². The van der Waals surface area contributed by atoms with Gasteiger partial charge in [-0.15, -0.1) is 0 Å². The summed E-state index contributed by atoms with van der Waals surface area (Å²) in [5.74, 6) is 1.99. The van der Waals surface area contributed by atoms with Gasteiger partial charge in [0.25, 0.3) is 0 Å². The highest BCUT2D eigenvalue weighted by Gasteiger charge is 2.37. The summed E-state index contributed by atoms with van der Waals surface area (Å²) in [5.41, 5.74) is 0. The fraction of sp³-hybridized carbons (Fsp3) is 0.545. The Morgan fingerprint density at radius 3 is 2.42 bits per heavy atom. The molecule has 2 rings (SSSR count). The molecule has 0 bridgehead atoms. The summed E-state index contributed by atoms with van der Waals surface area (Å²) in [6.07, 6.45) is 8.25. The SMILES string of the molecule is C[C@@H]1C=C[C@H](C)[C@H]2C=CC(=O)[C@H]21. The Bertz CT molecular complexity index is 262. The third-order valence-electron chi connectivity index (χ3n) is 3.12. The average molecular weight is 162 g/mol. The van der Waals surface area contributed by atoms with Gasteiger partial charge >= 0.3 is 0 Å². The van der Waals surface area contributed by atoms with Gasteiger partial charge in [0, 0.05) is 5.92 Å². The second kappa shape index (κ2) is 2.58. The highest BCUT2D eigenvalue weighted by atomic mass is 16.1. The van der Waals surface area contributed by atoms with Crippen molar-refractivity contribution >= 4 is 5.78 Å². The van der Waals surface area contributed by atoms with Crippen LogP contribution in [0.3, 0.4) is 0 Å². The summed E-state index contributed by atoms with van der Waals surface area (Å²) in [6.45, 7) is 4.31. The second-order valence-electron chi connectivity index (χ2n) is 3.97. The summed E-state index contributed by atoms with van der Waals surface area (Å²) >= 11 is 0. The van der Waals surface area contributed by atoms with Crippen LogP contribution in [0, 0.1) is 23.7 Å². The standard InChI is InChI=1S/C11H14O/c1-7-3-4-8(2)11-9(7)5-6-10(11)12/h3-9,11H,1-2H3/t7-,8+,9+,11-/m0/s1. The summed E-state index contributed by atoms with van der Waals surface area (Å²) in [6, 6.07) is 0. The van der Waals surface area contributed by atoms with E-state index in [1.54, 1.807) is 6.08 Å². The number of carbonyl (C=O) groups is 1. The molecule has 1 heteroatoms. The van der Waals surface area contributed by atoms with Crippen molar-refractivity contribution in [2.45, 2.75) is 13.8 Å². The fourth-order valence-electron chi connectivity index (χ4n) is 2.34. The molecule has 0 spiro atoms. The third kappa shape index (κ3) is 0.961. The molecule has 1 nitrogen and oxygen atoms in total. The minimum atomic E-state index is 0.241. The van der Waals surface area contributed by atoms with Crippen LogP contribution in [0.25, 0.3) is 0 Å². The lowest BCUT2D eigenvalue weighted by Gasteiger charge is -2.30. The molecule has 12 heavy (non-hydrogen) atoms. The quantitative estimate of drug-likeness (QED) is 0.499. The van der Waals surface area contributed by atoms with Crippen LogP contribution in [-0.4, -0.2) is 5.78 Å². The van der Waals surface area contributed by atoms with Crippen molar-refractivity contribution in [2.24, 2.45) is 23.7 Å². The zero-order valence-electron chi connectivity index (χ0n) is 7.53. The molecule has 0 saturated heterocycles. The molecule has 0 fully saturated rings. The third-order valence-corrected chi connectivity index (χ3v) is 3.12. The van der Waals surface area contributed by atoms with Gasteiger partial charge in [-0.25, -0.2) is 0 Å². The largest absolute Gasteiger partial charge is 0.295 e. The van der Waals surface area contributed by atoms with Crippen molar-refractivity contribution in [2.75, 3.05) is 0 Å². The minimum Gasteiger partial charge on any atom is -0.295 e. The van der Waals surface area contributed by atoms with Crippen LogP contribution in [0.1, 0.15) is 13.8 Å². The van der Waals surface area contributed by atoms with Gasteiger partial charge in [0.15, 0.2) is 5.78 Å². The van der Waals surface area contributed by atoms with Gasteiger partial charge in [-0.2, -0.15) is 0 Å². The molecule has 0 amide bonds. The summed E-state index contributed by atoms with van der Waals surface area (Å²) in [7, 11) is 0. The monoisotopic (exact) mass is 162 g/mol. The van der Waals surface area contributed by atoms with E-state index in [2.05, 4.69) is 32.1 Å². The molecule has 64 valence electrons. The number of carbonyl (C=O) groups excluding carboxylic acids is 1. The molecule has 0 heterocycles. The van der Waals surface area contributed by atoms with Gasteiger partial charge in [-0.05, 0) is 23.8 Å². The Balaban J connectivity index is 2.32. The molecule has 0 unspecified atom stereocenters. The van der Waals surface area contributed by atoms with E-state index < -0.39 is 0 Å².